The normalized spacial score (nSPS) is 11.2. The molecule has 5 nitrogen and oxygen atoms in total. The van der Waals surface area contributed by atoms with Gasteiger partial charge in [-0.2, -0.15) is 0 Å². The molecule has 28 heavy (non-hydrogen) atoms. The van der Waals surface area contributed by atoms with Gasteiger partial charge in [-0.3, -0.25) is 0 Å². The van der Waals surface area contributed by atoms with Gasteiger partial charge in [-0.15, -0.1) is 11.3 Å². The van der Waals surface area contributed by atoms with Gasteiger partial charge < -0.3 is 14.3 Å². The molecule has 0 atom stereocenters. The van der Waals surface area contributed by atoms with Crippen molar-refractivity contribution in [2.24, 2.45) is 5.16 Å². The molecular weight excluding hydrogens is 398 g/mol. The molecule has 0 aliphatic carbocycles. The number of hydrogen-bond donors (Lipinski definition) is 0. The third-order valence-corrected chi connectivity index (χ3v) is 5.20. The van der Waals surface area contributed by atoms with E-state index in [-0.39, 0.29) is 5.71 Å². The minimum atomic E-state index is -0.560. The van der Waals surface area contributed by atoms with Gasteiger partial charge in [0, 0.05) is 5.56 Å². The molecule has 0 spiro atoms. The minimum absolute atomic E-state index is 0.122. The molecule has 2 aromatic carbocycles. The third kappa shape index (κ3) is 4.35. The second-order valence-electron chi connectivity index (χ2n) is 5.65. The number of para-hydroxylation sites is 1. The van der Waals surface area contributed by atoms with Crippen LogP contribution in [0.1, 0.15) is 10.4 Å². The molecular formula is C21H18ClNO4S. The quantitative estimate of drug-likeness (QED) is 0.303. The van der Waals surface area contributed by atoms with Crippen molar-refractivity contribution in [1.29, 1.82) is 0 Å². The highest BCUT2D eigenvalue weighted by molar-refractivity contribution is 7.13. The second kappa shape index (κ2) is 9.39. The van der Waals surface area contributed by atoms with Gasteiger partial charge in [0.15, 0.2) is 0 Å². The van der Waals surface area contributed by atoms with Crippen molar-refractivity contribution >= 4 is 34.6 Å². The fourth-order valence-electron chi connectivity index (χ4n) is 2.69. The number of thiophene rings is 1. The maximum atomic E-state index is 12.2. The molecule has 0 saturated carbocycles. The van der Waals surface area contributed by atoms with Crippen molar-refractivity contribution in [2.45, 2.75) is 6.61 Å². The van der Waals surface area contributed by atoms with E-state index < -0.39 is 5.97 Å². The van der Waals surface area contributed by atoms with Gasteiger partial charge in [0.25, 0.3) is 0 Å². The molecule has 0 aliphatic rings. The summed E-state index contributed by atoms with van der Waals surface area (Å²) in [5.41, 5.74) is 2.85. The molecule has 0 radical (unpaired) electrons. The van der Waals surface area contributed by atoms with E-state index in [1.807, 2.05) is 53.9 Å². The van der Waals surface area contributed by atoms with Crippen molar-refractivity contribution in [3.05, 3.63) is 75.4 Å². The van der Waals surface area contributed by atoms with Crippen LogP contribution in [0.2, 0.25) is 5.02 Å². The summed E-state index contributed by atoms with van der Waals surface area (Å²) in [7, 11) is 2.70. The molecule has 1 heterocycles. The Kier molecular flexibility index (Phi) is 6.68. The predicted octanol–water partition coefficient (Wildman–Crippen LogP) is 5.17. The average Bonchev–Trinajstić information content (AvgIpc) is 3.20. The van der Waals surface area contributed by atoms with Crippen LogP contribution in [0.15, 0.2) is 65.1 Å². The predicted molar refractivity (Wildman–Crippen MR) is 111 cm³/mol. The lowest BCUT2D eigenvalue weighted by molar-refractivity contribution is -0.132. The van der Waals surface area contributed by atoms with E-state index in [4.69, 9.17) is 25.9 Å². The lowest BCUT2D eigenvalue weighted by atomic mass is 9.99. The van der Waals surface area contributed by atoms with Crippen LogP contribution < -0.4 is 4.74 Å². The standard InChI is InChI=1S/C21H18ClNO4S/c1-25-21(24)19(23-26-2)20-16(11-12-28-20)15-8-4-3-7-14(15)13-27-18-10-6-5-9-17(18)22/h3-12H,13H2,1-2H3. The van der Waals surface area contributed by atoms with Crippen LogP contribution in [-0.4, -0.2) is 25.9 Å². The first-order valence-corrected chi connectivity index (χ1v) is 9.64. The first-order valence-electron chi connectivity index (χ1n) is 8.38. The molecule has 0 fully saturated rings. The largest absolute Gasteiger partial charge is 0.487 e. The van der Waals surface area contributed by atoms with Crippen LogP contribution in [0.4, 0.5) is 0 Å². The fourth-order valence-corrected chi connectivity index (χ4v) is 3.76. The number of carbonyl (C=O) groups is 1. The van der Waals surface area contributed by atoms with Crippen molar-refractivity contribution < 1.29 is 19.1 Å². The lowest BCUT2D eigenvalue weighted by Gasteiger charge is -2.13. The molecule has 7 heteroatoms. The zero-order chi connectivity index (χ0) is 19.9. The van der Waals surface area contributed by atoms with Gasteiger partial charge >= 0.3 is 5.97 Å². The van der Waals surface area contributed by atoms with Crippen LogP contribution in [0.3, 0.4) is 0 Å². The van der Waals surface area contributed by atoms with Crippen LogP contribution in [-0.2, 0) is 21.0 Å². The number of oxime groups is 1. The van der Waals surface area contributed by atoms with Crippen molar-refractivity contribution in [2.75, 3.05) is 14.2 Å². The fraction of sp³-hybridized carbons (Fsp3) is 0.143. The number of esters is 1. The number of methoxy groups -OCH3 is 1. The van der Waals surface area contributed by atoms with Gasteiger partial charge in [-0.05, 0) is 34.7 Å². The van der Waals surface area contributed by atoms with E-state index in [9.17, 15) is 4.79 Å². The van der Waals surface area contributed by atoms with E-state index in [0.717, 1.165) is 16.7 Å². The smallest absolute Gasteiger partial charge is 0.361 e. The van der Waals surface area contributed by atoms with E-state index in [1.165, 1.54) is 25.6 Å². The molecule has 3 rings (SSSR count). The Morgan fingerprint density at radius 1 is 1.04 bits per heavy atom. The van der Waals surface area contributed by atoms with Gasteiger partial charge in [0.2, 0.25) is 5.71 Å². The van der Waals surface area contributed by atoms with E-state index in [2.05, 4.69) is 5.16 Å². The Morgan fingerprint density at radius 3 is 2.54 bits per heavy atom. The summed E-state index contributed by atoms with van der Waals surface area (Å²) in [5, 5.41) is 6.31. The van der Waals surface area contributed by atoms with Gasteiger partial charge in [0.05, 0.1) is 17.0 Å². The molecule has 0 bridgehead atoms. The highest BCUT2D eigenvalue weighted by Gasteiger charge is 2.22. The zero-order valence-electron chi connectivity index (χ0n) is 15.3. The van der Waals surface area contributed by atoms with E-state index >= 15 is 0 Å². The SMILES string of the molecule is CON=C(C(=O)OC)c1sccc1-c1ccccc1COc1ccccc1Cl. The topological polar surface area (TPSA) is 57.1 Å². The second-order valence-corrected chi connectivity index (χ2v) is 6.98. The summed E-state index contributed by atoms with van der Waals surface area (Å²) < 4.78 is 10.7. The number of benzene rings is 2. The summed E-state index contributed by atoms with van der Waals surface area (Å²) in [6.07, 6.45) is 0. The molecule has 3 aromatic rings. The van der Waals surface area contributed by atoms with Crippen LogP contribution in [0.5, 0.6) is 5.75 Å². The third-order valence-electron chi connectivity index (χ3n) is 3.97. The Morgan fingerprint density at radius 2 is 1.79 bits per heavy atom. The maximum absolute atomic E-state index is 12.2. The number of hydrogen-bond acceptors (Lipinski definition) is 6. The number of nitrogens with zero attached hydrogens (tertiary/aromatic N) is 1. The first kappa shape index (κ1) is 19.9. The molecule has 0 unspecified atom stereocenters. The average molecular weight is 416 g/mol. The van der Waals surface area contributed by atoms with Crippen LogP contribution >= 0.6 is 22.9 Å². The van der Waals surface area contributed by atoms with Crippen molar-refractivity contribution in [3.8, 4) is 16.9 Å². The summed E-state index contributed by atoms with van der Waals surface area (Å²) in [5.74, 6) is 0.0519. The Hall–Kier alpha value is -2.83. The van der Waals surface area contributed by atoms with Gasteiger partial charge in [-0.1, -0.05) is 53.2 Å². The Bertz CT molecular complexity index is 999. The van der Waals surface area contributed by atoms with Crippen molar-refractivity contribution in [1.82, 2.24) is 0 Å². The molecule has 0 amide bonds. The summed E-state index contributed by atoms with van der Waals surface area (Å²) in [6, 6.07) is 17.1. The summed E-state index contributed by atoms with van der Waals surface area (Å²) in [4.78, 5) is 17.7. The van der Waals surface area contributed by atoms with Crippen molar-refractivity contribution in [3.63, 3.8) is 0 Å². The Labute approximate surface area is 172 Å². The monoisotopic (exact) mass is 415 g/mol. The summed E-state index contributed by atoms with van der Waals surface area (Å²) >= 11 is 7.57. The number of carbonyl (C=O) groups excluding carboxylic acids is 1. The molecule has 0 saturated heterocycles. The first-order chi connectivity index (χ1) is 13.7. The summed E-state index contributed by atoms with van der Waals surface area (Å²) in [6.45, 7) is 0.324. The molecule has 0 aliphatic heterocycles. The zero-order valence-corrected chi connectivity index (χ0v) is 16.9. The number of ether oxygens (including phenoxy) is 2. The number of rotatable bonds is 7. The molecule has 0 N–H and O–H groups in total. The molecule has 1 aromatic heterocycles. The Balaban J connectivity index is 1.96. The highest BCUT2D eigenvalue weighted by Crippen LogP contribution is 2.33. The van der Waals surface area contributed by atoms with Gasteiger partial charge in [0.1, 0.15) is 19.5 Å². The number of halogens is 1. The maximum Gasteiger partial charge on any atom is 0.361 e. The highest BCUT2D eigenvalue weighted by atomic mass is 35.5. The van der Waals surface area contributed by atoms with Crippen LogP contribution in [0.25, 0.3) is 11.1 Å². The molecule has 144 valence electrons. The van der Waals surface area contributed by atoms with E-state index in [0.29, 0.717) is 22.3 Å². The van der Waals surface area contributed by atoms with E-state index in [1.54, 1.807) is 6.07 Å². The van der Waals surface area contributed by atoms with Gasteiger partial charge in [-0.25, -0.2) is 4.79 Å². The van der Waals surface area contributed by atoms with Crippen LogP contribution in [0, 0.1) is 0 Å². The minimum Gasteiger partial charge on any atom is -0.487 e. The lowest BCUT2D eigenvalue weighted by Crippen LogP contribution is -2.17.